The van der Waals surface area contributed by atoms with E-state index < -0.39 is 0 Å². The second-order valence-corrected chi connectivity index (χ2v) is 7.02. The molecule has 2 atom stereocenters. The highest BCUT2D eigenvalue weighted by molar-refractivity contribution is 6.00. The fourth-order valence-corrected chi connectivity index (χ4v) is 4.11. The smallest absolute Gasteiger partial charge is 0.259 e. The number of carbonyl (C=O) groups excluding carboxylic acids is 1. The molecule has 2 aromatic heterocycles. The summed E-state index contributed by atoms with van der Waals surface area (Å²) in [5.74, 6) is 0.662. The predicted octanol–water partition coefficient (Wildman–Crippen LogP) is 1.01. The van der Waals surface area contributed by atoms with Crippen LogP contribution in [0.2, 0.25) is 0 Å². The summed E-state index contributed by atoms with van der Waals surface area (Å²) in [5, 5.41) is 7.78. The van der Waals surface area contributed by atoms with Crippen LogP contribution in [0.1, 0.15) is 36.2 Å². The molecule has 0 bridgehead atoms. The van der Waals surface area contributed by atoms with Crippen LogP contribution in [0.4, 0.5) is 0 Å². The van der Waals surface area contributed by atoms with Crippen molar-refractivity contribution in [2.75, 3.05) is 32.7 Å². The van der Waals surface area contributed by atoms with E-state index in [-0.39, 0.29) is 5.91 Å². The highest BCUT2D eigenvalue weighted by Crippen LogP contribution is 2.29. The summed E-state index contributed by atoms with van der Waals surface area (Å²) in [5.41, 5.74) is 2.38. The molecule has 7 heteroatoms. The normalized spacial score (nSPS) is 22.9. The lowest BCUT2D eigenvalue weighted by atomic mass is 10.1. The molecule has 25 heavy (non-hydrogen) atoms. The van der Waals surface area contributed by atoms with Crippen LogP contribution >= 0.6 is 0 Å². The van der Waals surface area contributed by atoms with Crippen molar-refractivity contribution in [3.8, 4) is 0 Å². The van der Waals surface area contributed by atoms with Gasteiger partial charge in [-0.05, 0) is 25.4 Å². The minimum atomic E-state index is 0.0650. The van der Waals surface area contributed by atoms with Crippen molar-refractivity contribution in [3.05, 3.63) is 29.7 Å². The Bertz CT molecular complexity index is 768. The van der Waals surface area contributed by atoms with Crippen LogP contribution in [-0.2, 0) is 6.54 Å². The lowest BCUT2D eigenvalue weighted by molar-refractivity contribution is 0.0738. The second-order valence-electron chi connectivity index (χ2n) is 7.02. The van der Waals surface area contributed by atoms with E-state index in [4.69, 9.17) is 0 Å². The van der Waals surface area contributed by atoms with Gasteiger partial charge in [-0.2, -0.15) is 5.10 Å². The van der Waals surface area contributed by atoms with Gasteiger partial charge in [0.15, 0.2) is 5.65 Å². The quantitative estimate of drug-likeness (QED) is 0.878. The van der Waals surface area contributed by atoms with Gasteiger partial charge in [0.25, 0.3) is 5.91 Å². The molecule has 0 aliphatic carbocycles. The third-order valence-electron chi connectivity index (χ3n) is 5.65. The maximum Gasteiger partial charge on any atom is 0.259 e. The molecule has 2 fully saturated rings. The van der Waals surface area contributed by atoms with Gasteiger partial charge in [-0.1, -0.05) is 13.8 Å². The van der Waals surface area contributed by atoms with E-state index in [1.54, 1.807) is 10.7 Å². The number of fused-ring (bicyclic) bond motifs is 2. The zero-order valence-corrected chi connectivity index (χ0v) is 15.0. The molecule has 0 saturated carbocycles. The summed E-state index contributed by atoms with van der Waals surface area (Å²) in [6.45, 7) is 9.93. The Morgan fingerprint density at radius 3 is 2.96 bits per heavy atom. The van der Waals surface area contributed by atoms with Crippen molar-refractivity contribution in [1.29, 1.82) is 0 Å². The highest BCUT2D eigenvalue weighted by atomic mass is 16.2. The second kappa shape index (κ2) is 6.72. The number of carbonyl (C=O) groups is 1. The van der Waals surface area contributed by atoms with E-state index in [0.29, 0.717) is 23.2 Å². The molecule has 134 valence electrons. The Balaban J connectivity index is 1.57. The maximum atomic E-state index is 13.0. The molecule has 7 nitrogen and oxygen atoms in total. The molecule has 0 radical (unpaired) electrons. The van der Waals surface area contributed by atoms with Crippen molar-refractivity contribution in [2.24, 2.45) is 5.92 Å². The molecule has 0 aromatic carbocycles. The van der Waals surface area contributed by atoms with Gasteiger partial charge in [0, 0.05) is 50.2 Å². The first kappa shape index (κ1) is 16.5. The van der Waals surface area contributed by atoms with Crippen molar-refractivity contribution in [2.45, 2.75) is 32.9 Å². The van der Waals surface area contributed by atoms with E-state index in [9.17, 15) is 4.79 Å². The van der Waals surface area contributed by atoms with Crippen molar-refractivity contribution in [1.82, 2.24) is 29.7 Å². The lowest BCUT2D eigenvalue weighted by Gasteiger charge is -2.22. The highest BCUT2D eigenvalue weighted by Gasteiger charge is 2.40. The van der Waals surface area contributed by atoms with Gasteiger partial charge in [0.05, 0.1) is 6.20 Å². The Labute approximate surface area is 148 Å². The Morgan fingerprint density at radius 2 is 2.16 bits per heavy atom. The van der Waals surface area contributed by atoms with Crippen molar-refractivity contribution >= 4 is 11.6 Å². The van der Waals surface area contributed by atoms with Gasteiger partial charge in [0.1, 0.15) is 5.56 Å². The number of nitrogens with zero attached hydrogens (tertiary/aromatic N) is 5. The zero-order valence-electron chi connectivity index (χ0n) is 15.0. The third-order valence-corrected chi connectivity index (χ3v) is 5.65. The first-order valence-corrected chi connectivity index (χ1v) is 9.27. The Morgan fingerprint density at radius 1 is 1.32 bits per heavy atom. The molecule has 2 saturated heterocycles. The van der Waals surface area contributed by atoms with Gasteiger partial charge < -0.3 is 10.2 Å². The molecule has 0 spiro atoms. The molecular weight excluding hydrogens is 316 g/mol. The fourth-order valence-electron chi connectivity index (χ4n) is 4.11. The minimum absolute atomic E-state index is 0.0650. The number of rotatable bonds is 5. The number of hydrogen-bond acceptors (Lipinski definition) is 5. The van der Waals surface area contributed by atoms with Crippen LogP contribution in [0.3, 0.4) is 0 Å². The molecule has 2 aliphatic rings. The van der Waals surface area contributed by atoms with Crippen LogP contribution in [0.5, 0.6) is 0 Å². The van der Waals surface area contributed by atoms with Crippen molar-refractivity contribution < 1.29 is 4.79 Å². The molecule has 0 unspecified atom stereocenters. The summed E-state index contributed by atoms with van der Waals surface area (Å²) >= 11 is 0. The maximum absolute atomic E-state index is 13.0. The number of aromatic nitrogens is 3. The van der Waals surface area contributed by atoms with Crippen LogP contribution in [0.15, 0.2) is 18.6 Å². The topological polar surface area (TPSA) is 65.8 Å². The zero-order chi connectivity index (χ0) is 17.4. The number of likely N-dealkylation sites (tertiary alicyclic amines) is 1. The number of amides is 1. The minimum Gasteiger partial charge on any atom is -0.334 e. The summed E-state index contributed by atoms with van der Waals surface area (Å²) in [6.07, 6.45) is 6.61. The molecule has 1 amide bonds. The molecule has 2 aliphatic heterocycles. The number of nitrogens with one attached hydrogen (secondary N) is 1. The SMILES string of the molecule is CCN(CC)Cc1cnc2c(C(=O)N3CC[C@@H]4CNC[C@@H]43)cnn2c1. The first-order chi connectivity index (χ1) is 12.2. The molecule has 4 heterocycles. The van der Waals surface area contributed by atoms with E-state index in [2.05, 4.69) is 34.1 Å². The largest absolute Gasteiger partial charge is 0.334 e. The summed E-state index contributed by atoms with van der Waals surface area (Å²) in [4.78, 5) is 21.9. The summed E-state index contributed by atoms with van der Waals surface area (Å²) < 4.78 is 1.74. The Hall–Kier alpha value is -1.99. The summed E-state index contributed by atoms with van der Waals surface area (Å²) in [7, 11) is 0. The third kappa shape index (κ3) is 2.91. The van der Waals surface area contributed by atoms with Crippen LogP contribution < -0.4 is 5.32 Å². The van der Waals surface area contributed by atoms with Gasteiger partial charge in [-0.3, -0.25) is 9.69 Å². The Kier molecular flexibility index (Phi) is 4.43. The van der Waals surface area contributed by atoms with E-state index in [1.807, 2.05) is 17.3 Å². The molecule has 2 aromatic rings. The predicted molar refractivity (Wildman–Crippen MR) is 95.4 cm³/mol. The van der Waals surface area contributed by atoms with E-state index >= 15 is 0 Å². The molecular formula is C18H26N6O. The number of hydrogen-bond donors (Lipinski definition) is 1. The van der Waals surface area contributed by atoms with E-state index in [1.165, 1.54) is 0 Å². The molecule has 4 rings (SSSR count). The van der Waals surface area contributed by atoms with Gasteiger partial charge in [-0.15, -0.1) is 0 Å². The standard InChI is InChI=1S/C18H26N6O/c1-3-22(4-2)11-13-7-20-17-15(9-21-24(17)12-13)18(25)23-6-5-14-8-19-10-16(14)23/h7,9,12,14,16,19H,3-6,8,10-11H2,1-2H3/t14-,16+/m1/s1. The fraction of sp³-hybridized carbons (Fsp3) is 0.611. The average Bonchev–Trinajstić information content (AvgIpc) is 3.33. The lowest BCUT2D eigenvalue weighted by Crippen LogP contribution is -2.39. The average molecular weight is 342 g/mol. The first-order valence-electron chi connectivity index (χ1n) is 9.27. The van der Waals surface area contributed by atoms with Crippen LogP contribution in [0, 0.1) is 5.92 Å². The van der Waals surface area contributed by atoms with Crippen LogP contribution in [-0.4, -0.2) is 69.1 Å². The summed E-state index contributed by atoms with van der Waals surface area (Å²) in [6, 6.07) is 0.324. The van der Waals surface area contributed by atoms with Crippen molar-refractivity contribution in [3.63, 3.8) is 0 Å². The van der Waals surface area contributed by atoms with Crippen LogP contribution in [0.25, 0.3) is 5.65 Å². The molecule has 1 N–H and O–H groups in total. The van der Waals surface area contributed by atoms with E-state index in [0.717, 1.165) is 51.3 Å². The van der Waals surface area contributed by atoms with Gasteiger partial charge >= 0.3 is 0 Å². The van der Waals surface area contributed by atoms with Gasteiger partial charge in [-0.25, -0.2) is 9.50 Å². The van der Waals surface area contributed by atoms with Gasteiger partial charge in [0.2, 0.25) is 0 Å². The monoisotopic (exact) mass is 342 g/mol.